The van der Waals surface area contributed by atoms with Gasteiger partial charge in [-0.05, 0) is 31.0 Å². The molecule has 1 aliphatic rings. The van der Waals surface area contributed by atoms with Crippen molar-refractivity contribution in [2.75, 3.05) is 7.11 Å². The molecular formula is C17H20N2O2. The number of hydrogen-bond acceptors (Lipinski definition) is 3. The van der Waals surface area contributed by atoms with Crippen molar-refractivity contribution in [1.29, 1.82) is 0 Å². The standard InChI is InChI=1S/C17H20N2O2/c1-21-16-8-4-5-13(11-16)17(20)12-14-9-10-19(18-14)15-6-2-3-7-15/h4-5,8-11,15H,2-3,6-7,12H2,1H3. The summed E-state index contributed by atoms with van der Waals surface area (Å²) < 4.78 is 7.18. The Balaban J connectivity index is 1.69. The molecule has 110 valence electrons. The van der Waals surface area contributed by atoms with Gasteiger partial charge in [-0.3, -0.25) is 9.48 Å². The molecule has 0 aliphatic heterocycles. The van der Waals surface area contributed by atoms with Crippen LogP contribution in [0.5, 0.6) is 5.75 Å². The van der Waals surface area contributed by atoms with E-state index in [2.05, 4.69) is 5.10 Å². The Hall–Kier alpha value is -2.10. The zero-order valence-corrected chi connectivity index (χ0v) is 12.3. The molecule has 0 bridgehead atoms. The van der Waals surface area contributed by atoms with Crippen LogP contribution in [0.1, 0.15) is 47.8 Å². The number of carbonyl (C=O) groups is 1. The number of Topliss-reactive ketones (excluding diaryl/α,β-unsaturated/α-hetero) is 1. The molecule has 3 rings (SSSR count). The molecule has 1 aromatic carbocycles. The van der Waals surface area contributed by atoms with Crippen LogP contribution in [0.4, 0.5) is 0 Å². The molecule has 0 unspecified atom stereocenters. The van der Waals surface area contributed by atoms with Gasteiger partial charge in [0, 0.05) is 11.8 Å². The SMILES string of the molecule is COc1cccc(C(=O)Cc2ccn(C3CCCC3)n2)c1. The lowest BCUT2D eigenvalue weighted by atomic mass is 10.1. The normalized spacial score (nSPS) is 15.3. The van der Waals surface area contributed by atoms with Gasteiger partial charge in [-0.1, -0.05) is 25.0 Å². The van der Waals surface area contributed by atoms with E-state index in [9.17, 15) is 4.79 Å². The van der Waals surface area contributed by atoms with Gasteiger partial charge in [0.25, 0.3) is 0 Å². The van der Waals surface area contributed by atoms with Gasteiger partial charge in [0.05, 0.1) is 25.3 Å². The van der Waals surface area contributed by atoms with Crippen molar-refractivity contribution >= 4 is 5.78 Å². The third-order valence-electron chi connectivity index (χ3n) is 4.10. The second kappa shape index (κ2) is 6.12. The molecule has 0 spiro atoms. The number of benzene rings is 1. The largest absolute Gasteiger partial charge is 0.497 e. The quantitative estimate of drug-likeness (QED) is 0.790. The van der Waals surface area contributed by atoms with Crippen LogP contribution in [0.15, 0.2) is 36.5 Å². The molecule has 4 nitrogen and oxygen atoms in total. The Bertz CT molecular complexity index is 627. The predicted octanol–water partition coefficient (Wildman–Crippen LogP) is 3.43. The van der Waals surface area contributed by atoms with E-state index in [-0.39, 0.29) is 5.78 Å². The minimum Gasteiger partial charge on any atom is -0.497 e. The van der Waals surface area contributed by atoms with Gasteiger partial charge in [-0.25, -0.2) is 0 Å². The lowest BCUT2D eigenvalue weighted by Crippen LogP contribution is -2.08. The van der Waals surface area contributed by atoms with E-state index in [0.29, 0.717) is 23.8 Å². The summed E-state index contributed by atoms with van der Waals surface area (Å²) in [4.78, 5) is 12.3. The highest BCUT2D eigenvalue weighted by Gasteiger charge is 2.18. The third kappa shape index (κ3) is 3.15. The maximum absolute atomic E-state index is 12.3. The summed E-state index contributed by atoms with van der Waals surface area (Å²) in [7, 11) is 1.60. The van der Waals surface area contributed by atoms with Gasteiger partial charge in [-0.15, -0.1) is 0 Å². The van der Waals surface area contributed by atoms with Crippen LogP contribution in [-0.2, 0) is 6.42 Å². The number of aromatic nitrogens is 2. The Morgan fingerprint density at radius 3 is 2.90 bits per heavy atom. The zero-order chi connectivity index (χ0) is 14.7. The van der Waals surface area contributed by atoms with E-state index < -0.39 is 0 Å². The van der Waals surface area contributed by atoms with E-state index in [1.54, 1.807) is 13.2 Å². The van der Waals surface area contributed by atoms with Crippen LogP contribution in [0.25, 0.3) is 0 Å². The number of hydrogen-bond donors (Lipinski definition) is 0. The maximum atomic E-state index is 12.3. The number of methoxy groups -OCH3 is 1. The fraction of sp³-hybridized carbons (Fsp3) is 0.412. The first-order valence-electron chi connectivity index (χ1n) is 7.47. The molecule has 0 radical (unpaired) electrons. The molecule has 1 heterocycles. The van der Waals surface area contributed by atoms with E-state index in [1.165, 1.54) is 25.7 Å². The molecule has 4 heteroatoms. The van der Waals surface area contributed by atoms with Gasteiger partial charge in [-0.2, -0.15) is 5.10 Å². The molecule has 1 aliphatic carbocycles. The Kier molecular flexibility index (Phi) is 4.04. The van der Waals surface area contributed by atoms with Crippen molar-refractivity contribution in [3.63, 3.8) is 0 Å². The molecule has 21 heavy (non-hydrogen) atoms. The second-order valence-electron chi connectivity index (χ2n) is 5.56. The van der Waals surface area contributed by atoms with Crippen molar-refractivity contribution in [3.8, 4) is 5.75 Å². The molecule has 1 saturated carbocycles. The fourth-order valence-corrected chi connectivity index (χ4v) is 2.91. The van der Waals surface area contributed by atoms with E-state index in [1.807, 2.05) is 35.1 Å². The van der Waals surface area contributed by atoms with Crippen LogP contribution in [-0.4, -0.2) is 22.7 Å². The fourth-order valence-electron chi connectivity index (χ4n) is 2.91. The highest BCUT2D eigenvalue weighted by Crippen LogP contribution is 2.28. The summed E-state index contributed by atoms with van der Waals surface area (Å²) in [5.41, 5.74) is 1.51. The van der Waals surface area contributed by atoms with Crippen LogP contribution in [0, 0.1) is 0 Å². The second-order valence-corrected chi connectivity index (χ2v) is 5.56. The molecule has 2 aromatic rings. The van der Waals surface area contributed by atoms with Crippen molar-refractivity contribution in [2.45, 2.75) is 38.1 Å². The highest BCUT2D eigenvalue weighted by molar-refractivity contribution is 5.97. The topological polar surface area (TPSA) is 44.1 Å². The van der Waals surface area contributed by atoms with Gasteiger partial charge in [0.2, 0.25) is 0 Å². The average Bonchev–Trinajstić information content (AvgIpc) is 3.18. The van der Waals surface area contributed by atoms with Gasteiger partial charge in [0.15, 0.2) is 5.78 Å². The lowest BCUT2D eigenvalue weighted by molar-refractivity contribution is 0.0991. The molecule has 1 aromatic heterocycles. The summed E-state index contributed by atoms with van der Waals surface area (Å²) in [5, 5.41) is 4.56. The third-order valence-corrected chi connectivity index (χ3v) is 4.10. The van der Waals surface area contributed by atoms with Crippen molar-refractivity contribution in [1.82, 2.24) is 9.78 Å². The van der Waals surface area contributed by atoms with Gasteiger partial charge in [0.1, 0.15) is 5.75 Å². The summed E-state index contributed by atoms with van der Waals surface area (Å²) >= 11 is 0. The molecular weight excluding hydrogens is 264 g/mol. The number of ketones is 1. The number of nitrogens with zero attached hydrogens (tertiary/aromatic N) is 2. The number of ether oxygens (including phenoxy) is 1. The highest BCUT2D eigenvalue weighted by atomic mass is 16.5. The Labute approximate surface area is 124 Å². The first kappa shape index (κ1) is 13.9. The van der Waals surface area contributed by atoms with Crippen LogP contribution >= 0.6 is 0 Å². The van der Waals surface area contributed by atoms with E-state index in [0.717, 1.165) is 5.69 Å². The van der Waals surface area contributed by atoms with E-state index >= 15 is 0 Å². The summed E-state index contributed by atoms with van der Waals surface area (Å²) in [5.74, 6) is 0.780. The maximum Gasteiger partial charge on any atom is 0.169 e. The predicted molar refractivity (Wildman–Crippen MR) is 80.8 cm³/mol. The zero-order valence-electron chi connectivity index (χ0n) is 12.3. The number of rotatable bonds is 5. The van der Waals surface area contributed by atoms with Crippen molar-refractivity contribution in [3.05, 3.63) is 47.8 Å². The molecule has 0 atom stereocenters. The number of carbonyl (C=O) groups excluding carboxylic acids is 1. The lowest BCUT2D eigenvalue weighted by Gasteiger charge is -2.08. The van der Waals surface area contributed by atoms with E-state index in [4.69, 9.17) is 4.74 Å². The molecule has 0 N–H and O–H groups in total. The van der Waals surface area contributed by atoms with Crippen molar-refractivity contribution in [2.24, 2.45) is 0 Å². The summed E-state index contributed by atoms with van der Waals surface area (Å²) in [6.07, 6.45) is 7.30. The smallest absolute Gasteiger partial charge is 0.169 e. The summed E-state index contributed by atoms with van der Waals surface area (Å²) in [6, 6.07) is 9.74. The van der Waals surface area contributed by atoms with Crippen LogP contribution in [0.3, 0.4) is 0 Å². The Morgan fingerprint density at radius 2 is 2.14 bits per heavy atom. The molecule has 0 saturated heterocycles. The van der Waals surface area contributed by atoms with Crippen LogP contribution in [0.2, 0.25) is 0 Å². The first-order valence-corrected chi connectivity index (χ1v) is 7.47. The van der Waals surface area contributed by atoms with Crippen LogP contribution < -0.4 is 4.74 Å². The molecule has 1 fully saturated rings. The average molecular weight is 284 g/mol. The minimum absolute atomic E-state index is 0.0746. The monoisotopic (exact) mass is 284 g/mol. The first-order chi connectivity index (χ1) is 10.3. The Morgan fingerprint density at radius 1 is 1.33 bits per heavy atom. The van der Waals surface area contributed by atoms with Gasteiger partial charge < -0.3 is 4.74 Å². The van der Waals surface area contributed by atoms with Gasteiger partial charge >= 0.3 is 0 Å². The molecule has 0 amide bonds. The van der Waals surface area contributed by atoms with Crippen molar-refractivity contribution < 1.29 is 9.53 Å². The summed E-state index contributed by atoms with van der Waals surface area (Å²) in [6.45, 7) is 0. The minimum atomic E-state index is 0.0746.